The zero-order valence-corrected chi connectivity index (χ0v) is 21.3. The quantitative estimate of drug-likeness (QED) is 0.387. The van der Waals surface area contributed by atoms with Crippen LogP contribution in [-0.4, -0.2) is 35.9 Å². The van der Waals surface area contributed by atoms with E-state index >= 15 is 0 Å². The highest BCUT2D eigenvalue weighted by atomic mass is 35.5. The number of benzene rings is 3. The van der Waals surface area contributed by atoms with Gasteiger partial charge in [-0.3, -0.25) is 9.59 Å². The van der Waals surface area contributed by atoms with Crippen LogP contribution in [0.1, 0.15) is 37.0 Å². The molecule has 5 nitrogen and oxygen atoms in total. The summed E-state index contributed by atoms with van der Waals surface area (Å²) in [7, 11) is 1.61. The van der Waals surface area contributed by atoms with Crippen molar-refractivity contribution in [3.05, 3.63) is 101 Å². The summed E-state index contributed by atoms with van der Waals surface area (Å²) in [6.45, 7) is 4.30. The molecule has 2 amide bonds. The van der Waals surface area contributed by atoms with Crippen LogP contribution in [0.4, 0.5) is 0 Å². The summed E-state index contributed by atoms with van der Waals surface area (Å²) in [5.41, 5.74) is 2.76. The second-order valence-corrected chi connectivity index (χ2v) is 9.13. The molecule has 0 unspecified atom stereocenters. The molecule has 3 aromatic carbocycles. The smallest absolute Gasteiger partial charge is 0.243 e. The predicted molar refractivity (Wildman–Crippen MR) is 141 cm³/mol. The van der Waals surface area contributed by atoms with Gasteiger partial charge in [-0.15, -0.1) is 0 Å². The molecule has 3 rings (SSSR count). The fourth-order valence-electron chi connectivity index (χ4n) is 3.80. The Balaban J connectivity index is 1.94. The number of ether oxygens (including phenoxy) is 1. The predicted octanol–water partition coefficient (Wildman–Crippen LogP) is 5.45. The van der Waals surface area contributed by atoms with Crippen LogP contribution < -0.4 is 10.1 Å². The Bertz CT molecular complexity index is 1090. The maximum atomic E-state index is 13.7. The summed E-state index contributed by atoms with van der Waals surface area (Å²) < 4.78 is 5.23. The second-order valence-electron chi connectivity index (χ2n) is 8.70. The van der Waals surface area contributed by atoms with Gasteiger partial charge in [0.25, 0.3) is 0 Å². The van der Waals surface area contributed by atoms with Gasteiger partial charge in [0.15, 0.2) is 0 Å². The molecule has 3 aromatic rings. The number of carbonyl (C=O) groups is 2. The fourth-order valence-corrected chi connectivity index (χ4v) is 3.93. The van der Waals surface area contributed by atoms with Crippen LogP contribution in [0.5, 0.6) is 5.75 Å². The Kier molecular flexibility index (Phi) is 9.74. The molecule has 1 N–H and O–H groups in total. The number of halogens is 1. The van der Waals surface area contributed by atoms with Crippen LogP contribution in [0.2, 0.25) is 5.02 Å². The summed E-state index contributed by atoms with van der Waals surface area (Å²) in [6, 6.07) is 24.0. The molecule has 0 aromatic heterocycles. The highest BCUT2D eigenvalue weighted by Crippen LogP contribution is 2.19. The number of nitrogens with one attached hydrogen (secondary N) is 1. The number of hydrogen-bond acceptors (Lipinski definition) is 3. The highest BCUT2D eigenvalue weighted by molar-refractivity contribution is 6.30. The van der Waals surface area contributed by atoms with Gasteiger partial charge < -0.3 is 15.0 Å². The summed E-state index contributed by atoms with van der Waals surface area (Å²) in [6.07, 6.45) is 1.41. The SMILES string of the molecule is CC[C@@H](C)NC(=O)[C@@H](Cc1ccccc1)N(Cc1ccc(Cl)cc1)C(=O)Cc1ccc(OC)cc1. The van der Waals surface area contributed by atoms with Crippen molar-refractivity contribution in [3.8, 4) is 5.75 Å². The molecule has 0 aliphatic rings. The first-order chi connectivity index (χ1) is 16.9. The lowest BCUT2D eigenvalue weighted by molar-refractivity contribution is -0.141. The van der Waals surface area contributed by atoms with E-state index in [-0.39, 0.29) is 24.3 Å². The first-order valence-corrected chi connectivity index (χ1v) is 12.3. The van der Waals surface area contributed by atoms with Gasteiger partial charge in [-0.05, 0) is 54.3 Å². The van der Waals surface area contributed by atoms with E-state index in [4.69, 9.17) is 16.3 Å². The molecule has 0 saturated carbocycles. The minimum atomic E-state index is -0.659. The number of nitrogens with zero attached hydrogens (tertiary/aromatic N) is 1. The van der Waals surface area contributed by atoms with Gasteiger partial charge in [0.05, 0.1) is 13.5 Å². The van der Waals surface area contributed by atoms with Gasteiger partial charge >= 0.3 is 0 Å². The average Bonchev–Trinajstić information content (AvgIpc) is 2.88. The van der Waals surface area contributed by atoms with Crippen LogP contribution in [0.15, 0.2) is 78.9 Å². The monoisotopic (exact) mass is 492 g/mol. The molecule has 0 spiro atoms. The lowest BCUT2D eigenvalue weighted by Crippen LogP contribution is -2.52. The van der Waals surface area contributed by atoms with Crippen molar-refractivity contribution in [2.45, 2.75) is 51.7 Å². The number of rotatable bonds is 11. The molecular formula is C29H33ClN2O3. The summed E-state index contributed by atoms with van der Waals surface area (Å²) >= 11 is 6.08. The van der Waals surface area contributed by atoms with Crippen molar-refractivity contribution in [1.82, 2.24) is 10.2 Å². The largest absolute Gasteiger partial charge is 0.497 e. The molecule has 0 aliphatic carbocycles. The third-order valence-corrected chi connectivity index (χ3v) is 6.30. The molecule has 6 heteroatoms. The number of carbonyl (C=O) groups excluding carboxylic acids is 2. The van der Waals surface area contributed by atoms with Gasteiger partial charge in [-0.1, -0.05) is 73.1 Å². The Morgan fingerprint density at radius 3 is 2.14 bits per heavy atom. The van der Waals surface area contributed by atoms with Gasteiger partial charge in [-0.25, -0.2) is 0 Å². The zero-order valence-electron chi connectivity index (χ0n) is 20.5. The van der Waals surface area contributed by atoms with Crippen LogP contribution >= 0.6 is 11.6 Å². The Labute approximate surface area is 213 Å². The van der Waals surface area contributed by atoms with E-state index in [0.29, 0.717) is 18.0 Å². The van der Waals surface area contributed by atoms with Gasteiger partial charge in [0, 0.05) is 24.0 Å². The molecular weight excluding hydrogens is 460 g/mol. The van der Waals surface area contributed by atoms with Gasteiger partial charge in [-0.2, -0.15) is 0 Å². The first-order valence-electron chi connectivity index (χ1n) is 11.9. The number of amides is 2. The maximum Gasteiger partial charge on any atom is 0.243 e. The maximum absolute atomic E-state index is 13.7. The molecule has 2 atom stereocenters. The van der Waals surface area contributed by atoms with Crippen molar-refractivity contribution < 1.29 is 14.3 Å². The summed E-state index contributed by atoms with van der Waals surface area (Å²) in [4.78, 5) is 28.9. The van der Waals surface area contributed by atoms with E-state index in [1.165, 1.54) is 0 Å². The third kappa shape index (κ3) is 7.86. The minimum absolute atomic E-state index is 0.00912. The molecule has 0 fully saturated rings. The topological polar surface area (TPSA) is 58.6 Å². The first kappa shape index (κ1) is 26.3. The van der Waals surface area contributed by atoms with E-state index in [0.717, 1.165) is 28.9 Å². The second kappa shape index (κ2) is 13.0. The lowest BCUT2D eigenvalue weighted by Gasteiger charge is -2.32. The summed E-state index contributed by atoms with van der Waals surface area (Å²) in [5, 5.41) is 3.71. The van der Waals surface area contributed by atoms with Crippen LogP contribution in [-0.2, 0) is 29.0 Å². The molecule has 0 bridgehead atoms. The van der Waals surface area contributed by atoms with Crippen molar-refractivity contribution >= 4 is 23.4 Å². The molecule has 0 radical (unpaired) electrons. The molecule has 0 heterocycles. The van der Waals surface area contributed by atoms with E-state index in [1.54, 1.807) is 24.1 Å². The Hall–Kier alpha value is -3.31. The van der Waals surface area contributed by atoms with Crippen LogP contribution in [0.25, 0.3) is 0 Å². The molecule has 35 heavy (non-hydrogen) atoms. The average molecular weight is 493 g/mol. The van der Waals surface area contributed by atoms with Crippen molar-refractivity contribution in [3.63, 3.8) is 0 Å². The van der Waals surface area contributed by atoms with Gasteiger partial charge in [0.1, 0.15) is 11.8 Å². The van der Waals surface area contributed by atoms with Crippen LogP contribution in [0.3, 0.4) is 0 Å². The molecule has 0 saturated heterocycles. The fraction of sp³-hybridized carbons (Fsp3) is 0.310. The third-order valence-electron chi connectivity index (χ3n) is 6.05. The number of hydrogen-bond donors (Lipinski definition) is 1. The van der Waals surface area contributed by atoms with Crippen LogP contribution in [0, 0.1) is 0 Å². The van der Waals surface area contributed by atoms with Crippen molar-refractivity contribution in [2.24, 2.45) is 0 Å². The minimum Gasteiger partial charge on any atom is -0.497 e. The normalized spacial score (nSPS) is 12.5. The lowest BCUT2D eigenvalue weighted by atomic mass is 10.0. The Morgan fingerprint density at radius 2 is 1.54 bits per heavy atom. The number of methoxy groups -OCH3 is 1. The molecule has 0 aliphatic heterocycles. The van der Waals surface area contributed by atoms with Gasteiger partial charge in [0.2, 0.25) is 11.8 Å². The van der Waals surface area contributed by atoms with Crippen molar-refractivity contribution in [1.29, 1.82) is 0 Å². The van der Waals surface area contributed by atoms with E-state index in [9.17, 15) is 9.59 Å². The summed E-state index contributed by atoms with van der Waals surface area (Å²) in [5.74, 6) is 0.458. The standard InChI is InChI=1S/C29H33ClN2O3/c1-4-21(2)31-29(34)27(18-22-8-6-5-7-9-22)32(20-24-10-14-25(30)15-11-24)28(33)19-23-12-16-26(35-3)17-13-23/h5-17,21,27H,4,18-20H2,1-3H3,(H,31,34)/t21-,27-/m1/s1. The van der Waals surface area contributed by atoms with Crippen molar-refractivity contribution in [2.75, 3.05) is 7.11 Å². The van der Waals surface area contributed by atoms with E-state index in [2.05, 4.69) is 5.32 Å². The zero-order chi connectivity index (χ0) is 25.2. The van der Waals surface area contributed by atoms with E-state index in [1.807, 2.05) is 80.6 Å². The highest BCUT2D eigenvalue weighted by Gasteiger charge is 2.31. The Morgan fingerprint density at radius 1 is 0.914 bits per heavy atom. The van der Waals surface area contributed by atoms with E-state index < -0.39 is 6.04 Å². The molecule has 184 valence electrons.